The average Bonchev–Trinajstić information content (AvgIpc) is 3.01. The molecule has 228 valence electrons. The molecule has 0 saturated carbocycles. The van der Waals surface area contributed by atoms with Crippen LogP contribution in [0.15, 0.2) is 95.3 Å². The van der Waals surface area contributed by atoms with Crippen molar-refractivity contribution in [1.82, 2.24) is 5.32 Å². The lowest BCUT2D eigenvalue weighted by atomic mass is 9.71. The van der Waals surface area contributed by atoms with Crippen molar-refractivity contribution in [2.75, 3.05) is 20.3 Å². The topological polar surface area (TPSA) is 100 Å². The molecule has 0 saturated heterocycles. The van der Waals surface area contributed by atoms with Crippen molar-refractivity contribution in [3.63, 3.8) is 0 Å². The Morgan fingerprint density at radius 2 is 1.66 bits per heavy atom. The summed E-state index contributed by atoms with van der Waals surface area (Å²) in [5, 5.41) is 3.40. The van der Waals surface area contributed by atoms with Gasteiger partial charge in [-0.05, 0) is 67.1 Å². The van der Waals surface area contributed by atoms with Crippen LogP contribution in [0.25, 0.3) is 0 Å². The number of rotatable bonds is 10. The van der Waals surface area contributed by atoms with Crippen molar-refractivity contribution in [3.05, 3.63) is 112 Å². The lowest BCUT2D eigenvalue weighted by Crippen LogP contribution is -2.36. The monoisotopic (exact) mass is 595 g/mol. The molecule has 44 heavy (non-hydrogen) atoms. The smallest absolute Gasteiger partial charge is 0.336 e. The molecule has 0 fully saturated rings. The number of Topliss-reactive ketones (excluding diaryl/α,β-unsaturated/α-hetero) is 1. The standard InChI is InChI=1S/C36H37NO7/c1-5-42-32-21-26(13-16-31(32)44-23(3)38)34-33(36(40)43-18-17-24-9-7-6-8-10-24)22(2)37-29-19-27(20-30(39)35(29)34)25-11-14-28(41-4)15-12-25/h6-16,21,27,34,37H,5,17-20H2,1-4H3/t27-,34-/m0/s1. The lowest BCUT2D eigenvalue weighted by Gasteiger charge is -2.37. The molecule has 8 nitrogen and oxygen atoms in total. The second-order valence-corrected chi connectivity index (χ2v) is 10.9. The molecule has 0 bridgehead atoms. The van der Waals surface area contributed by atoms with Gasteiger partial charge in [-0.1, -0.05) is 48.5 Å². The fraction of sp³-hybridized carbons (Fsp3) is 0.306. The minimum atomic E-state index is -0.689. The van der Waals surface area contributed by atoms with Crippen molar-refractivity contribution in [1.29, 1.82) is 0 Å². The zero-order valence-corrected chi connectivity index (χ0v) is 25.5. The predicted molar refractivity (Wildman–Crippen MR) is 166 cm³/mol. The van der Waals surface area contributed by atoms with Gasteiger partial charge in [-0.15, -0.1) is 0 Å². The Balaban J connectivity index is 1.52. The van der Waals surface area contributed by atoms with E-state index in [2.05, 4.69) is 5.32 Å². The van der Waals surface area contributed by atoms with E-state index < -0.39 is 17.9 Å². The van der Waals surface area contributed by atoms with Crippen LogP contribution in [0.2, 0.25) is 0 Å². The number of esters is 2. The fourth-order valence-electron chi connectivity index (χ4n) is 5.95. The van der Waals surface area contributed by atoms with E-state index in [4.69, 9.17) is 18.9 Å². The van der Waals surface area contributed by atoms with E-state index in [-0.39, 0.29) is 24.1 Å². The third-order valence-corrected chi connectivity index (χ3v) is 7.96. The predicted octanol–water partition coefficient (Wildman–Crippen LogP) is 6.17. The molecule has 0 spiro atoms. The number of nitrogens with one attached hydrogen (secondary N) is 1. The average molecular weight is 596 g/mol. The van der Waals surface area contributed by atoms with Gasteiger partial charge < -0.3 is 24.3 Å². The Hall–Kier alpha value is -4.85. The molecular weight excluding hydrogens is 558 g/mol. The van der Waals surface area contributed by atoms with Gasteiger partial charge >= 0.3 is 11.9 Å². The van der Waals surface area contributed by atoms with Crippen molar-refractivity contribution in [3.8, 4) is 17.2 Å². The van der Waals surface area contributed by atoms with Gasteiger partial charge in [0.2, 0.25) is 0 Å². The van der Waals surface area contributed by atoms with Crippen LogP contribution in [-0.2, 0) is 25.5 Å². The molecule has 0 radical (unpaired) electrons. The number of methoxy groups -OCH3 is 1. The number of benzene rings is 3. The van der Waals surface area contributed by atoms with Crippen LogP contribution >= 0.6 is 0 Å². The Morgan fingerprint density at radius 3 is 2.34 bits per heavy atom. The molecule has 0 amide bonds. The SMILES string of the molecule is CCOc1cc([C@H]2C(C(=O)OCCc3ccccc3)=C(C)NC3=C2C(=O)C[C@@H](c2ccc(OC)cc2)C3)ccc1OC(C)=O. The van der Waals surface area contributed by atoms with Crippen LogP contribution in [0, 0.1) is 0 Å². The van der Waals surface area contributed by atoms with Gasteiger partial charge in [-0.25, -0.2) is 4.79 Å². The molecule has 8 heteroatoms. The van der Waals surface area contributed by atoms with Gasteiger partial charge in [0.05, 0.1) is 25.9 Å². The molecule has 0 aromatic heterocycles. The molecule has 5 rings (SSSR count). The van der Waals surface area contributed by atoms with Gasteiger partial charge in [0, 0.05) is 42.7 Å². The highest BCUT2D eigenvalue weighted by Gasteiger charge is 2.41. The Labute approximate surface area is 257 Å². The van der Waals surface area contributed by atoms with Crippen LogP contribution in [0.4, 0.5) is 0 Å². The maximum atomic E-state index is 14.0. The van der Waals surface area contributed by atoms with Gasteiger partial charge in [0.25, 0.3) is 0 Å². The summed E-state index contributed by atoms with van der Waals surface area (Å²) in [5.41, 5.74) is 5.10. The normalized spacial score (nSPS) is 17.9. The first-order valence-corrected chi connectivity index (χ1v) is 14.8. The van der Waals surface area contributed by atoms with E-state index in [0.717, 1.165) is 22.6 Å². The first kappa shape index (κ1) is 30.6. The summed E-state index contributed by atoms with van der Waals surface area (Å²) in [5.74, 6) is -0.353. The summed E-state index contributed by atoms with van der Waals surface area (Å²) in [6.07, 6.45) is 1.46. The highest BCUT2D eigenvalue weighted by molar-refractivity contribution is 6.04. The molecule has 1 heterocycles. The maximum absolute atomic E-state index is 14.0. The summed E-state index contributed by atoms with van der Waals surface area (Å²) in [4.78, 5) is 39.5. The Morgan fingerprint density at radius 1 is 0.932 bits per heavy atom. The highest BCUT2D eigenvalue weighted by Crippen LogP contribution is 2.47. The fourth-order valence-corrected chi connectivity index (χ4v) is 5.95. The van der Waals surface area contributed by atoms with E-state index in [1.54, 1.807) is 25.3 Å². The van der Waals surface area contributed by atoms with E-state index >= 15 is 0 Å². The summed E-state index contributed by atoms with van der Waals surface area (Å²) in [6.45, 7) is 5.52. The second kappa shape index (κ2) is 13.6. The molecule has 1 aliphatic carbocycles. The number of hydrogen-bond donors (Lipinski definition) is 1. The molecule has 2 atom stereocenters. The molecule has 2 aliphatic rings. The van der Waals surface area contributed by atoms with Gasteiger partial charge in [0.1, 0.15) is 5.75 Å². The van der Waals surface area contributed by atoms with Crippen LogP contribution in [0.3, 0.4) is 0 Å². The quantitative estimate of drug-likeness (QED) is 0.220. The minimum Gasteiger partial charge on any atom is -0.497 e. The van der Waals surface area contributed by atoms with E-state index in [1.807, 2.05) is 68.4 Å². The number of carbonyl (C=O) groups is 3. The van der Waals surface area contributed by atoms with Crippen LogP contribution < -0.4 is 19.5 Å². The summed E-state index contributed by atoms with van der Waals surface area (Å²) in [7, 11) is 1.62. The second-order valence-electron chi connectivity index (χ2n) is 10.9. The van der Waals surface area contributed by atoms with Crippen LogP contribution in [0.5, 0.6) is 17.2 Å². The zero-order valence-electron chi connectivity index (χ0n) is 25.5. The Kier molecular flexibility index (Phi) is 9.48. The lowest BCUT2D eigenvalue weighted by molar-refractivity contribution is -0.139. The van der Waals surface area contributed by atoms with Crippen molar-refractivity contribution < 1.29 is 33.3 Å². The van der Waals surface area contributed by atoms with Gasteiger partial charge in [0.15, 0.2) is 17.3 Å². The summed E-state index contributed by atoms with van der Waals surface area (Å²) >= 11 is 0. The van der Waals surface area contributed by atoms with Crippen molar-refractivity contribution in [2.24, 2.45) is 0 Å². The first-order valence-electron chi connectivity index (χ1n) is 14.8. The van der Waals surface area contributed by atoms with Crippen molar-refractivity contribution >= 4 is 17.7 Å². The first-order chi connectivity index (χ1) is 21.3. The summed E-state index contributed by atoms with van der Waals surface area (Å²) < 4.78 is 22.3. The third kappa shape index (κ3) is 6.70. The van der Waals surface area contributed by atoms with E-state index in [0.29, 0.717) is 54.0 Å². The van der Waals surface area contributed by atoms with Gasteiger partial charge in [-0.2, -0.15) is 0 Å². The van der Waals surface area contributed by atoms with E-state index in [9.17, 15) is 14.4 Å². The number of carbonyl (C=O) groups excluding carboxylic acids is 3. The molecule has 3 aromatic rings. The highest BCUT2D eigenvalue weighted by atomic mass is 16.6. The molecular formula is C36H37NO7. The molecule has 1 aliphatic heterocycles. The molecule has 1 N–H and O–H groups in total. The number of allylic oxidation sites excluding steroid dienone is 3. The summed E-state index contributed by atoms with van der Waals surface area (Å²) in [6, 6.07) is 22.7. The van der Waals surface area contributed by atoms with E-state index in [1.165, 1.54) is 6.92 Å². The minimum absolute atomic E-state index is 0.0298. The van der Waals surface area contributed by atoms with Gasteiger partial charge in [-0.3, -0.25) is 9.59 Å². The van der Waals surface area contributed by atoms with Crippen LogP contribution in [0.1, 0.15) is 62.1 Å². The largest absolute Gasteiger partial charge is 0.497 e. The molecule has 3 aromatic carbocycles. The number of ether oxygens (including phenoxy) is 4. The molecule has 0 unspecified atom stereocenters. The number of dihydropyridines is 1. The maximum Gasteiger partial charge on any atom is 0.336 e. The Bertz CT molecular complexity index is 1610. The van der Waals surface area contributed by atoms with Crippen LogP contribution in [-0.4, -0.2) is 38.0 Å². The number of hydrogen-bond acceptors (Lipinski definition) is 8. The third-order valence-electron chi connectivity index (χ3n) is 7.96. The zero-order chi connectivity index (χ0) is 31.2. The van der Waals surface area contributed by atoms with Crippen molar-refractivity contribution in [2.45, 2.75) is 51.9 Å². The number of ketones is 1.